The second kappa shape index (κ2) is 10.6. The summed E-state index contributed by atoms with van der Waals surface area (Å²) in [5.41, 5.74) is 0.536. The monoisotopic (exact) mass is 490 g/mol. The van der Waals surface area contributed by atoms with E-state index < -0.39 is 6.10 Å². The normalized spacial score (nSPS) is 13.0. The van der Waals surface area contributed by atoms with Crippen LogP contribution in [0.1, 0.15) is 51.0 Å². The molecular formula is C19H28FIN4O2. The van der Waals surface area contributed by atoms with Crippen molar-refractivity contribution in [1.29, 1.82) is 0 Å². The highest BCUT2D eigenvalue weighted by molar-refractivity contribution is 14.0. The van der Waals surface area contributed by atoms with Crippen molar-refractivity contribution in [3.63, 3.8) is 0 Å². The molecule has 0 aliphatic carbocycles. The van der Waals surface area contributed by atoms with Gasteiger partial charge in [-0.05, 0) is 24.6 Å². The van der Waals surface area contributed by atoms with E-state index in [9.17, 15) is 9.50 Å². The van der Waals surface area contributed by atoms with Crippen molar-refractivity contribution in [2.24, 2.45) is 4.99 Å². The molecule has 1 heterocycles. The van der Waals surface area contributed by atoms with E-state index in [2.05, 4.69) is 41.4 Å². The quantitative estimate of drug-likeness (QED) is 0.328. The zero-order chi connectivity index (χ0) is 19.2. The molecule has 150 valence electrons. The molecule has 2 rings (SSSR count). The van der Waals surface area contributed by atoms with Crippen LogP contribution in [0.15, 0.2) is 39.9 Å². The smallest absolute Gasteiger partial charge is 0.216 e. The Morgan fingerprint density at radius 1 is 1.26 bits per heavy atom. The number of nitrogens with one attached hydrogen (secondary N) is 2. The van der Waals surface area contributed by atoms with E-state index in [1.807, 2.05) is 6.92 Å². The summed E-state index contributed by atoms with van der Waals surface area (Å²) in [4.78, 5) is 8.68. The molecular weight excluding hydrogens is 462 g/mol. The van der Waals surface area contributed by atoms with Crippen molar-refractivity contribution in [2.45, 2.75) is 45.8 Å². The van der Waals surface area contributed by atoms with Crippen molar-refractivity contribution >= 4 is 29.9 Å². The Hall–Kier alpha value is -1.68. The van der Waals surface area contributed by atoms with Gasteiger partial charge < -0.3 is 20.2 Å². The maximum atomic E-state index is 13.0. The number of hydrogen-bond acceptors (Lipinski definition) is 4. The van der Waals surface area contributed by atoms with Gasteiger partial charge in [-0.2, -0.15) is 0 Å². The van der Waals surface area contributed by atoms with Crippen molar-refractivity contribution < 1.29 is 13.9 Å². The molecule has 1 aromatic carbocycles. The lowest BCUT2D eigenvalue weighted by Gasteiger charge is -2.15. The number of hydrogen-bond donors (Lipinski definition) is 3. The number of aliphatic hydroxyl groups is 1. The molecule has 2 aromatic rings. The summed E-state index contributed by atoms with van der Waals surface area (Å²) < 4.78 is 18.7. The van der Waals surface area contributed by atoms with Gasteiger partial charge in [-0.1, -0.05) is 32.9 Å². The van der Waals surface area contributed by atoms with Gasteiger partial charge in [0.1, 0.15) is 18.1 Å². The fraction of sp³-hybridized carbons (Fsp3) is 0.474. The fourth-order valence-electron chi connectivity index (χ4n) is 2.21. The number of guanidine groups is 1. The minimum atomic E-state index is -0.770. The Morgan fingerprint density at radius 2 is 1.93 bits per heavy atom. The first-order valence-electron chi connectivity index (χ1n) is 8.70. The number of rotatable bonds is 6. The molecule has 1 unspecified atom stereocenters. The number of oxazole rings is 1. The first-order chi connectivity index (χ1) is 12.3. The minimum Gasteiger partial charge on any atom is -0.443 e. The Balaban J connectivity index is 0.00000364. The van der Waals surface area contributed by atoms with Crippen LogP contribution in [0.2, 0.25) is 0 Å². The van der Waals surface area contributed by atoms with E-state index in [4.69, 9.17) is 4.42 Å². The molecule has 0 saturated carbocycles. The molecule has 0 bridgehead atoms. The van der Waals surface area contributed by atoms with E-state index in [0.29, 0.717) is 24.0 Å². The average molecular weight is 490 g/mol. The van der Waals surface area contributed by atoms with Crippen LogP contribution in [-0.2, 0) is 12.0 Å². The first kappa shape index (κ1) is 23.4. The largest absolute Gasteiger partial charge is 0.443 e. The number of benzene rings is 1. The predicted octanol–water partition coefficient (Wildman–Crippen LogP) is 3.52. The second-order valence-electron chi connectivity index (χ2n) is 7.01. The maximum Gasteiger partial charge on any atom is 0.216 e. The molecule has 1 atom stereocenters. The third-order valence-electron chi connectivity index (χ3n) is 3.73. The molecule has 0 spiro atoms. The Kier molecular flexibility index (Phi) is 9.17. The molecule has 27 heavy (non-hydrogen) atoms. The zero-order valence-corrected chi connectivity index (χ0v) is 18.5. The van der Waals surface area contributed by atoms with Crippen molar-refractivity contribution in [3.05, 3.63) is 53.5 Å². The molecule has 8 heteroatoms. The van der Waals surface area contributed by atoms with Crippen LogP contribution >= 0.6 is 24.0 Å². The van der Waals surface area contributed by atoms with Crippen LogP contribution in [0.5, 0.6) is 0 Å². The van der Waals surface area contributed by atoms with Crippen LogP contribution in [0.25, 0.3) is 0 Å². The molecule has 1 aromatic heterocycles. The summed E-state index contributed by atoms with van der Waals surface area (Å²) >= 11 is 0. The first-order valence-corrected chi connectivity index (χ1v) is 8.70. The van der Waals surface area contributed by atoms with Crippen LogP contribution in [0.3, 0.4) is 0 Å². The maximum absolute atomic E-state index is 13.0. The van der Waals surface area contributed by atoms with Crippen molar-refractivity contribution in [3.8, 4) is 0 Å². The number of nitrogens with zero attached hydrogens (tertiary/aromatic N) is 2. The summed E-state index contributed by atoms with van der Waals surface area (Å²) in [7, 11) is 0. The van der Waals surface area contributed by atoms with Gasteiger partial charge in [0.25, 0.3) is 0 Å². The fourth-order valence-corrected chi connectivity index (χ4v) is 2.21. The molecule has 0 fully saturated rings. The number of aromatic nitrogens is 1. The van der Waals surface area contributed by atoms with Gasteiger partial charge in [-0.25, -0.2) is 14.4 Å². The lowest BCUT2D eigenvalue weighted by molar-refractivity contribution is 0.180. The summed E-state index contributed by atoms with van der Waals surface area (Å²) in [6, 6.07) is 5.78. The topological polar surface area (TPSA) is 82.7 Å². The van der Waals surface area contributed by atoms with Gasteiger partial charge in [0.15, 0.2) is 5.96 Å². The number of aliphatic hydroxyl groups excluding tert-OH is 1. The van der Waals surface area contributed by atoms with Crippen LogP contribution < -0.4 is 10.6 Å². The van der Waals surface area contributed by atoms with Gasteiger partial charge >= 0.3 is 0 Å². The van der Waals surface area contributed by atoms with Crippen LogP contribution in [0, 0.1) is 5.82 Å². The molecule has 0 aliphatic heterocycles. The third kappa shape index (κ3) is 7.45. The summed E-state index contributed by atoms with van der Waals surface area (Å²) in [5, 5.41) is 16.4. The second-order valence-corrected chi connectivity index (χ2v) is 7.01. The van der Waals surface area contributed by atoms with E-state index in [1.165, 1.54) is 12.1 Å². The Morgan fingerprint density at radius 3 is 2.48 bits per heavy atom. The number of halogens is 2. The third-order valence-corrected chi connectivity index (χ3v) is 3.73. The SMILES string of the molecule is CCNC(=NCc1ncc(C(C)(C)C)o1)NCC(O)c1ccc(F)cc1.I. The van der Waals surface area contributed by atoms with Crippen LogP contribution in [-0.4, -0.2) is 29.1 Å². The standard InChI is InChI=1S/C19H27FN4O2.HI/c1-5-21-18(23-10-15(25)13-6-8-14(20)9-7-13)24-12-17-22-11-16(26-17)19(2,3)4;/h6-9,11,15,25H,5,10,12H2,1-4H3,(H2,21,23,24);1H. The van der Waals surface area contributed by atoms with E-state index >= 15 is 0 Å². The summed E-state index contributed by atoms with van der Waals surface area (Å²) in [6.07, 6.45) is 0.956. The van der Waals surface area contributed by atoms with Gasteiger partial charge in [0.05, 0.1) is 12.3 Å². The van der Waals surface area contributed by atoms with E-state index in [0.717, 1.165) is 5.76 Å². The molecule has 0 amide bonds. The lowest BCUT2D eigenvalue weighted by atomic mass is 9.94. The Labute approximate surface area is 176 Å². The van der Waals surface area contributed by atoms with Crippen molar-refractivity contribution in [1.82, 2.24) is 15.6 Å². The molecule has 0 saturated heterocycles. The number of aliphatic imine (C=N–C) groups is 1. The highest BCUT2D eigenvalue weighted by Crippen LogP contribution is 2.22. The molecule has 0 radical (unpaired) electrons. The zero-order valence-electron chi connectivity index (χ0n) is 16.1. The highest BCUT2D eigenvalue weighted by atomic mass is 127. The van der Waals surface area contributed by atoms with Crippen LogP contribution in [0.4, 0.5) is 4.39 Å². The Bertz CT molecular complexity index is 726. The minimum absolute atomic E-state index is 0. The van der Waals surface area contributed by atoms with Gasteiger partial charge in [-0.15, -0.1) is 24.0 Å². The summed E-state index contributed by atoms with van der Waals surface area (Å²) in [6.45, 7) is 9.34. The van der Waals surface area contributed by atoms with E-state index in [1.54, 1.807) is 18.3 Å². The lowest BCUT2D eigenvalue weighted by Crippen LogP contribution is -2.39. The van der Waals surface area contributed by atoms with Gasteiger partial charge in [0.2, 0.25) is 5.89 Å². The summed E-state index contributed by atoms with van der Waals surface area (Å²) in [5.74, 6) is 1.56. The van der Waals surface area contributed by atoms with Crippen molar-refractivity contribution in [2.75, 3.05) is 13.1 Å². The highest BCUT2D eigenvalue weighted by Gasteiger charge is 2.19. The molecule has 0 aliphatic rings. The van der Waals surface area contributed by atoms with Gasteiger partial charge in [-0.3, -0.25) is 0 Å². The molecule has 3 N–H and O–H groups in total. The average Bonchev–Trinajstić information content (AvgIpc) is 3.07. The molecule has 6 nitrogen and oxygen atoms in total. The van der Waals surface area contributed by atoms with E-state index in [-0.39, 0.29) is 48.3 Å². The predicted molar refractivity (Wildman–Crippen MR) is 115 cm³/mol. The van der Waals surface area contributed by atoms with Gasteiger partial charge in [0, 0.05) is 18.5 Å².